The number of nitrogens with one attached hydrogen (secondary N) is 1. The molecule has 3 N–H and O–H groups in total. The molecule has 1 heterocycles. The number of hydrogen-bond acceptors (Lipinski definition) is 4. The van der Waals surface area contributed by atoms with Crippen molar-refractivity contribution in [2.45, 2.75) is 0 Å². The van der Waals surface area contributed by atoms with Crippen molar-refractivity contribution >= 4 is 11.6 Å². The Morgan fingerprint density at radius 2 is 2.00 bits per heavy atom. The molecule has 1 aromatic carbocycles. The lowest BCUT2D eigenvalue weighted by molar-refractivity contribution is 0.102. The van der Waals surface area contributed by atoms with Crippen LogP contribution in [0.25, 0.3) is 0 Å². The summed E-state index contributed by atoms with van der Waals surface area (Å²) in [5.41, 5.74) is 0.198. The first-order valence-electron chi connectivity index (χ1n) is 5.02. The van der Waals surface area contributed by atoms with Crippen molar-refractivity contribution in [2.24, 2.45) is 0 Å². The lowest BCUT2D eigenvalue weighted by Gasteiger charge is -2.07. The van der Waals surface area contributed by atoms with E-state index < -0.39 is 17.6 Å². The van der Waals surface area contributed by atoms with Gasteiger partial charge in [-0.25, -0.2) is 4.98 Å². The summed E-state index contributed by atoms with van der Waals surface area (Å²) in [6.45, 7) is 0. The van der Waals surface area contributed by atoms with Crippen LogP contribution in [0, 0.1) is 5.95 Å². The van der Waals surface area contributed by atoms with Crippen LogP contribution in [0.3, 0.4) is 0 Å². The van der Waals surface area contributed by atoms with Gasteiger partial charge in [0.25, 0.3) is 5.91 Å². The highest BCUT2D eigenvalue weighted by Crippen LogP contribution is 2.28. The average molecular weight is 248 g/mol. The first-order chi connectivity index (χ1) is 8.58. The first kappa shape index (κ1) is 11.8. The summed E-state index contributed by atoms with van der Waals surface area (Å²) in [5.74, 6) is -2.19. The fourth-order valence-corrected chi connectivity index (χ4v) is 1.36. The number of aromatic hydroxyl groups is 2. The zero-order chi connectivity index (χ0) is 13.1. The molecule has 0 aliphatic carbocycles. The predicted molar refractivity (Wildman–Crippen MR) is 61.9 cm³/mol. The van der Waals surface area contributed by atoms with Gasteiger partial charge in [0.05, 0.1) is 17.4 Å². The largest absolute Gasteiger partial charge is 0.504 e. The number of anilines is 1. The van der Waals surface area contributed by atoms with Gasteiger partial charge >= 0.3 is 0 Å². The topological polar surface area (TPSA) is 82.5 Å². The summed E-state index contributed by atoms with van der Waals surface area (Å²) >= 11 is 0. The van der Waals surface area contributed by atoms with E-state index in [9.17, 15) is 19.4 Å². The van der Waals surface area contributed by atoms with Gasteiger partial charge in [-0.2, -0.15) is 4.39 Å². The van der Waals surface area contributed by atoms with Gasteiger partial charge in [0, 0.05) is 0 Å². The highest BCUT2D eigenvalue weighted by Gasteiger charge is 2.14. The SMILES string of the molecule is O=C(Nc1ccc(F)nc1)c1cccc(O)c1O. The molecule has 0 unspecified atom stereocenters. The van der Waals surface area contributed by atoms with Gasteiger partial charge in [-0.15, -0.1) is 0 Å². The smallest absolute Gasteiger partial charge is 0.259 e. The number of pyridine rings is 1. The molecule has 0 saturated heterocycles. The van der Waals surface area contributed by atoms with Crippen LogP contribution in [-0.2, 0) is 0 Å². The lowest BCUT2D eigenvalue weighted by Crippen LogP contribution is -2.12. The second-order valence-electron chi connectivity index (χ2n) is 3.50. The van der Waals surface area contributed by atoms with Crippen LogP contribution in [0.5, 0.6) is 11.5 Å². The van der Waals surface area contributed by atoms with Gasteiger partial charge in [0.15, 0.2) is 11.5 Å². The molecular weight excluding hydrogens is 239 g/mol. The van der Waals surface area contributed by atoms with E-state index >= 15 is 0 Å². The van der Waals surface area contributed by atoms with E-state index in [0.29, 0.717) is 0 Å². The molecule has 0 bridgehead atoms. The number of aromatic nitrogens is 1. The van der Waals surface area contributed by atoms with E-state index in [2.05, 4.69) is 10.3 Å². The van der Waals surface area contributed by atoms with Gasteiger partial charge in [0.1, 0.15) is 0 Å². The van der Waals surface area contributed by atoms with Crippen molar-refractivity contribution in [3.63, 3.8) is 0 Å². The molecule has 0 aliphatic heterocycles. The van der Waals surface area contributed by atoms with Crippen LogP contribution in [0.4, 0.5) is 10.1 Å². The molecule has 0 atom stereocenters. The van der Waals surface area contributed by atoms with Crippen molar-refractivity contribution in [3.8, 4) is 11.5 Å². The summed E-state index contributed by atoms with van der Waals surface area (Å²) < 4.78 is 12.6. The first-order valence-corrected chi connectivity index (χ1v) is 5.02. The molecule has 18 heavy (non-hydrogen) atoms. The molecule has 0 radical (unpaired) electrons. The Morgan fingerprint density at radius 1 is 1.22 bits per heavy atom. The standard InChI is InChI=1S/C12H9FN2O3/c13-10-5-4-7(6-14-10)15-12(18)8-2-1-3-9(16)11(8)17/h1-6,16-17H,(H,15,18). The third-order valence-electron chi connectivity index (χ3n) is 2.24. The maximum atomic E-state index is 12.6. The van der Waals surface area contributed by atoms with Crippen LogP contribution in [0.1, 0.15) is 10.4 Å². The minimum Gasteiger partial charge on any atom is -0.504 e. The van der Waals surface area contributed by atoms with Crippen molar-refractivity contribution < 1.29 is 19.4 Å². The zero-order valence-electron chi connectivity index (χ0n) is 9.09. The highest BCUT2D eigenvalue weighted by atomic mass is 19.1. The van der Waals surface area contributed by atoms with Crippen molar-refractivity contribution in [2.75, 3.05) is 5.32 Å². The van der Waals surface area contributed by atoms with Crippen LogP contribution < -0.4 is 5.32 Å². The number of nitrogens with zero attached hydrogens (tertiary/aromatic N) is 1. The Morgan fingerprint density at radius 3 is 2.67 bits per heavy atom. The Balaban J connectivity index is 2.22. The number of carbonyl (C=O) groups excluding carboxylic acids is 1. The Labute approximate surface area is 102 Å². The number of phenols is 2. The zero-order valence-corrected chi connectivity index (χ0v) is 9.09. The van der Waals surface area contributed by atoms with Gasteiger partial charge in [0.2, 0.25) is 5.95 Å². The summed E-state index contributed by atoms with van der Waals surface area (Å²) in [7, 11) is 0. The maximum absolute atomic E-state index is 12.6. The molecular formula is C12H9FN2O3. The van der Waals surface area contributed by atoms with Gasteiger partial charge < -0.3 is 15.5 Å². The van der Waals surface area contributed by atoms with Crippen molar-refractivity contribution in [3.05, 3.63) is 48.0 Å². The van der Waals surface area contributed by atoms with E-state index in [0.717, 1.165) is 12.3 Å². The van der Waals surface area contributed by atoms with E-state index in [1.807, 2.05) is 0 Å². The number of halogens is 1. The summed E-state index contributed by atoms with van der Waals surface area (Å²) in [6.07, 6.45) is 1.15. The second kappa shape index (κ2) is 4.70. The fourth-order valence-electron chi connectivity index (χ4n) is 1.36. The molecule has 92 valence electrons. The molecule has 5 nitrogen and oxygen atoms in total. The third kappa shape index (κ3) is 2.37. The maximum Gasteiger partial charge on any atom is 0.259 e. The second-order valence-corrected chi connectivity index (χ2v) is 3.50. The molecule has 1 aromatic heterocycles. The van der Waals surface area contributed by atoms with E-state index in [4.69, 9.17) is 0 Å². The molecule has 0 fully saturated rings. The quantitative estimate of drug-likeness (QED) is 0.559. The van der Waals surface area contributed by atoms with Crippen LogP contribution >= 0.6 is 0 Å². The third-order valence-corrected chi connectivity index (χ3v) is 2.24. The minimum absolute atomic E-state index is 0.0840. The summed E-state index contributed by atoms with van der Waals surface area (Å²) in [6, 6.07) is 6.46. The fraction of sp³-hybridized carbons (Fsp3) is 0. The summed E-state index contributed by atoms with van der Waals surface area (Å²) in [5, 5.41) is 21.2. The lowest BCUT2D eigenvalue weighted by atomic mass is 10.1. The highest BCUT2D eigenvalue weighted by molar-refractivity contribution is 6.06. The van der Waals surface area contributed by atoms with Crippen molar-refractivity contribution in [1.29, 1.82) is 0 Å². The predicted octanol–water partition coefficient (Wildman–Crippen LogP) is 1.88. The van der Waals surface area contributed by atoms with E-state index in [1.165, 1.54) is 24.3 Å². The molecule has 2 rings (SSSR count). The number of amides is 1. The van der Waals surface area contributed by atoms with E-state index in [-0.39, 0.29) is 17.0 Å². The number of phenolic OH excluding ortho intramolecular Hbond substituents is 2. The van der Waals surface area contributed by atoms with Gasteiger partial charge in [-0.05, 0) is 24.3 Å². The molecule has 6 heteroatoms. The number of benzene rings is 1. The van der Waals surface area contributed by atoms with Crippen LogP contribution in [0.15, 0.2) is 36.5 Å². The molecule has 0 spiro atoms. The van der Waals surface area contributed by atoms with E-state index in [1.54, 1.807) is 0 Å². The van der Waals surface area contributed by atoms with Gasteiger partial charge in [-0.3, -0.25) is 4.79 Å². The minimum atomic E-state index is -0.659. The molecule has 0 saturated carbocycles. The number of hydrogen-bond donors (Lipinski definition) is 3. The molecule has 1 amide bonds. The molecule has 2 aromatic rings. The summed E-state index contributed by atoms with van der Waals surface area (Å²) in [4.78, 5) is 15.1. The van der Waals surface area contributed by atoms with Crippen LogP contribution in [-0.4, -0.2) is 21.1 Å². The number of para-hydroxylation sites is 1. The van der Waals surface area contributed by atoms with Crippen molar-refractivity contribution in [1.82, 2.24) is 4.98 Å². The molecule has 0 aliphatic rings. The number of carbonyl (C=O) groups is 1. The average Bonchev–Trinajstić information content (AvgIpc) is 2.35. The Kier molecular flexibility index (Phi) is 3.09. The normalized spacial score (nSPS) is 10.1. The monoisotopic (exact) mass is 248 g/mol. The Bertz CT molecular complexity index is 584. The van der Waals surface area contributed by atoms with Gasteiger partial charge in [-0.1, -0.05) is 6.07 Å². The Hall–Kier alpha value is -2.63. The van der Waals surface area contributed by atoms with Crippen LogP contribution in [0.2, 0.25) is 0 Å². The number of rotatable bonds is 2.